The van der Waals surface area contributed by atoms with E-state index in [-0.39, 0.29) is 29.1 Å². The van der Waals surface area contributed by atoms with Gasteiger partial charge in [-0.2, -0.15) is 0 Å². The lowest BCUT2D eigenvalue weighted by atomic mass is 10.2. The van der Waals surface area contributed by atoms with Crippen LogP contribution < -0.4 is 10.6 Å². The molecule has 1 fully saturated rings. The van der Waals surface area contributed by atoms with Gasteiger partial charge in [-0.1, -0.05) is 17.7 Å². The first-order chi connectivity index (χ1) is 11.8. The van der Waals surface area contributed by atoms with Crippen LogP contribution in [0.4, 0.5) is 11.4 Å². The highest BCUT2D eigenvalue weighted by Gasteiger charge is 2.27. The molecule has 1 aromatic carbocycles. The molecule has 1 amide bonds. The molecular weight excluding hydrogens is 362 g/mol. The van der Waals surface area contributed by atoms with E-state index in [1.54, 1.807) is 24.3 Å². The zero-order chi connectivity index (χ0) is 18.0. The topological polar surface area (TPSA) is 88.2 Å². The smallest absolute Gasteiger partial charge is 0.274 e. The Morgan fingerprint density at radius 2 is 2.08 bits per heavy atom. The van der Waals surface area contributed by atoms with Gasteiger partial charge in [0.1, 0.15) is 5.69 Å². The van der Waals surface area contributed by atoms with Crippen molar-refractivity contribution in [2.24, 2.45) is 0 Å². The van der Waals surface area contributed by atoms with E-state index in [0.717, 1.165) is 5.56 Å². The normalized spacial score (nSPS) is 18.7. The molecule has 0 spiro atoms. The van der Waals surface area contributed by atoms with Gasteiger partial charge in [0.2, 0.25) is 0 Å². The predicted octanol–water partition coefficient (Wildman–Crippen LogP) is 2.89. The summed E-state index contributed by atoms with van der Waals surface area (Å²) in [6, 6.07) is 8.48. The van der Waals surface area contributed by atoms with Crippen LogP contribution in [0, 0.1) is 6.92 Å². The second-order valence-corrected chi connectivity index (χ2v) is 8.75. The number of nitrogens with one attached hydrogen (secondary N) is 2. The molecule has 0 radical (unpaired) electrons. The largest absolute Gasteiger partial charge is 0.380 e. The van der Waals surface area contributed by atoms with Gasteiger partial charge in [0.25, 0.3) is 5.91 Å². The summed E-state index contributed by atoms with van der Waals surface area (Å²) in [5.41, 5.74) is 2.50. The Bertz CT molecular complexity index is 898. The summed E-state index contributed by atoms with van der Waals surface area (Å²) < 4.78 is 23.0. The van der Waals surface area contributed by atoms with Crippen molar-refractivity contribution in [1.29, 1.82) is 0 Å². The number of carbonyl (C=O) groups excluding carboxylic acids is 1. The van der Waals surface area contributed by atoms with Crippen LogP contribution in [0.3, 0.4) is 0 Å². The molecule has 132 valence electrons. The van der Waals surface area contributed by atoms with Crippen molar-refractivity contribution in [2.75, 3.05) is 22.1 Å². The maximum absolute atomic E-state index is 12.3. The number of anilines is 2. The highest BCUT2D eigenvalue weighted by Crippen LogP contribution is 2.21. The number of hydrogen-bond donors (Lipinski definition) is 2. The van der Waals surface area contributed by atoms with Crippen LogP contribution >= 0.6 is 11.6 Å². The fourth-order valence-electron chi connectivity index (χ4n) is 2.67. The Balaban J connectivity index is 1.65. The molecule has 3 rings (SSSR count). The molecule has 2 heterocycles. The van der Waals surface area contributed by atoms with Crippen LogP contribution in [0.2, 0.25) is 5.02 Å². The quantitative estimate of drug-likeness (QED) is 0.852. The molecule has 2 N–H and O–H groups in total. The number of nitrogens with zero attached hydrogens (tertiary/aromatic N) is 1. The molecule has 1 aromatic heterocycles. The molecule has 25 heavy (non-hydrogen) atoms. The van der Waals surface area contributed by atoms with Crippen LogP contribution in [-0.4, -0.2) is 36.9 Å². The lowest BCUT2D eigenvalue weighted by Gasteiger charge is -2.12. The number of amides is 1. The Kier molecular flexibility index (Phi) is 4.96. The predicted molar refractivity (Wildman–Crippen MR) is 99.1 cm³/mol. The van der Waals surface area contributed by atoms with Crippen molar-refractivity contribution in [3.63, 3.8) is 0 Å². The van der Waals surface area contributed by atoms with E-state index in [4.69, 9.17) is 11.6 Å². The fourth-order valence-corrected chi connectivity index (χ4v) is 4.52. The molecular formula is C17H18ClN3O3S. The number of rotatable bonds is 4. The van der Waals surface area contributed by atoms with Gasteiger partial charge in [-0.15, -0.1) is 0 Å². The molecule has 1 atom stereocenters. The highest BCUT2D eigenvalue weighted by molar-refractivity contribution is 7.91. The third kappa shape index (κ3) is 4.49. The van der Waals surface area contributed by atoms with Crippen LogP contribution in [0.25, 0.3) is 0 Å². The summed E-state index contributed by atoms with van der Waals surface area (Å²) in [5.74, 6) is 0.00118. The second kappa shape index (κ2) is 7.01. The Morgan fingerprint density at radius 3 is 2.72 bits per heavy atom. The maximum Gasteiger partial charge on any atom is 0.274 e. The number of carbonyl (C=O) groups is 1. The van der Waals surface area contributed by atoms with Gasteiger partial charge < -0.3 is 10.6 Å². The van der Waals surface area contributed by atoms with Crippen molar-refractivity contribution in [3.8, 4) is 0 Å². The average Bonchev–Trinajstić information content (AvgIpc) is 2.90. The summed E-state index contributed by atoms with van der Waals surface area (Å²) >= 11 is 5.95. The summed E-state index contributed by atoms with van der Waals surface area (Å²) in [4.78, 5) is 16.5. The van der Waals surface area contributed by atoms with Crippen LogP contribution in [0.5, 0.6) is 0 Å². The van der Waals surface area contributed by atoms with Crippen molar-refractivity contribution < 1.29 is 13.2 Å². The van der Waals surface area contributed by atoms with E-state index in [1.165, 1.54) is 6.20 Å². The van der Waals surface area contributed by atoms with Crippen LogP contribution in [-0.2, 0) is 9.84 Å². The molecule has 0 bridgehead atoms. The second-order valence-electron chi connectivity index (χ2n) is 6.09. The molecule has 8 heteroatoms. The van der Waals surface area contributed by atoms with Crippen molar-refractivity contribution in [2.45, 2.75) is 19.4 Å². The minimum Gasteiger partial charge on any atom is -0.380 e. The van der Waals surface area contributed by atoms with Gasteiger partial charge in [0.15, 0.2) is 9.84 Å². The first kappa shape index (κ1) is 17.7. The Labute approximate surface area is 151 Å². The first-order valence-corrected chi connectivity index (χ1v) is 10.0. The summed E-state index contributed by atoms with van der Waals surface area (Å²) in [6.45, 7) is 1.88. The number of sulfone groups is 1. The number of aryl methyl sites for hydroxylation is 1. The number of halogens is 1. The lowest BCUT2D eigenvalue weighted by Crippen LogP contribution is -2.21. The molecule has 1 unspecified atom stereocenters. The zero-order valence-electron chi connectivity index (χ0n) is 13.6. The van der Waals surface area contributed by atoms with E-state index < -0.39 is 9.84 Å². The highest BCUT2D eigenvalue weighted by atomic mass is 35.5. The van der Waals surface area contributed by atoms with E-state index in [9.17, 15) is 13.2 Å². The number of benzene rings is 1. The summed E-state index contributed by atoms with van der Waals surface area (Å²) in [5, 5.41) is 6.46. The number of aromatic nitrogens is 1. The summed E-state index contributed by atoms with van der Waals surface area (Å²) in [6.07, 6.45) is 2.11. The molecule has 1 aliphatic rings. The molecule has 1 saturated heterocycles. The van der Waals surface area contributed by atoms with Gasteiger partial charge >= 0.3 is 0 Å². The third-order valence-electron chi connectivity index (χ3n) is 4.05. The molecule has 6 nitrogen and oxygen atoms in total. The Morgan fingerprint density at radius 1 is 1.28 bits per heavy atom. The average molecular weight is 380 g/mol. The standard InChI is InChI=1S/C17H18ClN3O3S/c1-11-2-3-12(18)8-16(11)21-17(22)15-5-4-13(9-19-15)20-14-6-7-25(23,24)10-14/h2-5,8-9,14,20H,6-7,10H2,1H3,(H,21,22). The Hall–Kier alpha value is -2.12. The summed E-state index contributed by atoms with van der Waals surface area (Å²) in [7, 11) is -2.94. The number of pyridine rings is 1. The molecule has 0 saturated carbocycles. The van der Waals surface area contributed by atoms with Gasteiger partial charge in [-0.25, -0.2) is 13.4 Å². The van der Waals surface area contributed by atoms with Gasteiger partial charge in [-0.05, 0) is 43.2 Å². The minimum atomic E-state index is -2.94. The van der Waals surface area contributed by atoms with E-state index >= 15 is 0 Å². The molecule has 1 aliphatic heterocycles. The van der Waals surface area contributed by atoms with Crippen LogP contribution in [0.15, 0.2) is 36.5 Å². The monoisotopic (exact) mass is 379 g/mol. The van der Waals surface area contributed by atoms with Crippen molar-refractivity contribution in [3.05, 3.63) is 52.8 Å². The van der Waals surface area contributed by atoms with Crippen molar-refractivity contribution in [1.82, 2.24) is 4.98 Å². The number of hydrogen-bond acceptors (Lipinski definition) is 5. The molecule has 0 aliphatic carbocycles. The third-order valence-corrected chi connectivity index (χ3v) is 6.05. The van der Waals surface area contributed by atoms with E-state index in [0.29, 0.717) is 22.8 Å². The van der Waals surface area contributed by atoms with Crippen molar-refractivity contribution >= 4 is 38.7 Å². The lowest BCUT2D eigenvalue weighted by molar-refractivity contribution is 0.102. The van der Waals surface area contributed by atoms with Gasteiger partial charge in [0, 0.05) is 16.8 Å². The first-order valence-electron chi connectivity index (χ1n) is 7.83. The van der Waals surface area contributed by atoms with Crippen LogP contribution in [0.1, 0.15) is 22.5 Å². The minimum absolute atomic E-state index is 0.111. The van der Waals surface area contributed by atoms with Gasteiger partial charge in [0.05, 0.1) is 23.4 Å². The SMILES string of the molecule is Cc1ccc(Cl)cc1NC(=O)c1ccc(NC2CCS(=O)(=O)C2)cn1. The van der Waals surface area contributed by atoms with E-state index in [2.05, 4.69) is 15.6 Å². The zero-order valence-corrected chi connectivity index (χ0v) is 15.2. The fraction of sp³-hybridized carbons (Fsp3) is 0.294. The van der Waals surface area contributed by atoms with Gasteiger partial charge in [-0.3, -0.25) is 4.79 Å². The van der Waals surface area contributed by atoms with E-state index in [1.807, 2.05) is 13.0 Å². The molecule has 2 aromatic rings. The maximum atomic E-state index is 12.3.